The van der Waals surface area contributed by atoms with E-state index in [2.05, 4.69) is 257 Å². The van der Waals surface area contributed by atoms with Crippen LogP contribution in [0.15, 0.2) is 206 Å². The fourth-order valence-electron chi connectivity index (χ4n) is 11.5. The number of nitrogens with zero attached hydrogens (tertiary/aromatic N) is 2. The van der Waals surface area contributed by atoms with Crippen molar-refractivity contribution in [2.24, 2.45) is 0 Å². The summed E-state index contributed by atoms with van der Waals surface area (Å²) in [5, 5.41) is 4.97. The first-order chi connectivity index (χ1) is 32.7. The molecule has 0 atom stereocenters. The number of benzene rings is 10. The van der Waals surface area contributed by atoms with Gasteiger partial charge in [-0.2, -0.15) is 0 Å². The van der Waals surface area contributed by atoms with Crippen LogP contribution in [0.5, 0.6) is 0 Å². The largest absolute Gasteiger partial charge is 0.310 e. The highest BCUT2D eigenvalue weighted by Gasteiger charge is 2.48. The SMILES string of the molecule is Cc1cccc(C2(c3cccc(C)c3)c3cc(-n4c5ccccc5c5ccccc54)ccc3-c3c2cc(N(c2ccc(C)c(C)c2)c2ccc(-c4ccccc4C)c(C)c2)c2ccccc32)c1. The van der Waals surface area contributed by atoms with Gasteiger partial charge in [0.25, 0.3) is 0 Å². The Bertz CT molecular complexity index is 3690. The maximum atomic E-state index is 2.56. The molecule has 2 nitrogen and oxygen atoms in total. The van der Waals surface area contributed by atoms with Crippen molar-refractivity contribution in [3.63, 3.8) is 0 Å². The molecule has 11 aromatic rings. The Hall–Kier alpha value is -7.94. The summed E-state index contributed by atoms with van der Waals surface area (Å²) in [5.74, 6) is 0. The molecule has 1 aliphatic carbocycles. The van der Waals surface area contributed by atoms with Gasteiger partial charge in [-0.05, 0) is 168 Å². The highest BCUT2D eigenvalue weighted by molar-refractivity contribution is 6.12. The zero-order valence-corrected chi connectivity index (χ0v) is 39.0. The molecule has 0 unspecified atom stereocenters. The van der Waals surface area contributed by atoms with Crippen molar-refractivity contribution in [2.45, 2.75) is 47.0 Å². The van der Waals surface area contributed by atoms with E-state index in [4.69, 9.17) is 0 Å². The van der Waals surface area contributed by atoms with Crippen molar-refractivity contribution in [3.8, 4) is 27.9 Å². The van der Waals surface area contributed by atoms with Gasteiger partial charge in [-0.15, -0.1) is 0 Å². The van der Waals surface area contributed by atoms with Gasteiger partial charge in [-0.25, -0.2) is 0 Å². The number of rotatable bonds is 7. The highest BCUT2D eigenvalue weighted by Crippen LogP contribution is 2.60. The molecular weight excluding hydrogens is 809 g/mol. The van der Waals surface area contributed by atoms with E-state index < -0.39 is 5.41 Å². The van der Waals surface area contributed by atoms with E-state index in [1.165, 1.54) is 110 Å². The van der Waals surface area contributed by atoms with Crippen molar-refractivity contribution >= 4 is 49.6 Å². The lowest BCUT2D eigenvalue weighted by Crippen LogP contribution is -2.29. The molecule has 0 radical (unpaired) electrons. The Morgan fingerprint density at radius 1 is 0.358 bits per heavy atom. The van der Waals surface area contributed by atoms with Crippen molar-refractivity contribution < 1.29 is 0 Å². The number of hydrogen-bond donors (Lipinski definition) is 0. The fourth-order valence-corrected chi connectivity index (χ4v) is 11.5. The monoisotopic (exact) mass is 860 g/mol. The standard InChI is InChI=1S/C65H52N2/c1-41-17-15-20-47(35-41)65(48-21-16-18-42(2)36-48)59-39-51(67-61-27-13-11-23-54(61)55-24-12-14-28-62(55)67)32-34-58(59)64-57-26-10-9-25-56(57)63(40-60(64)65)66(49-30-29-43(3)45(5)37-49)50-31-33-53(46(6)38-50)52-22-8-7-19-44(52)4/h7-40H,1-6H3. The summed E-state index contributed by atoms with van der Waals surface area (Å²) < 4.78 is 2.47. The van der Waals surface area contributed by atoms with Gasteiger partial charge in [0.1, 0.15) is 0 Å². The van der Waals surface area contributed by atoms with Crippen LogP contribution in [0.25, 0.3) is 60.5 Å². The molecule has 322 valence electrons. The normalized spacial score (nSPS) is 12.7. The first kappa shape index (κ1) is 40.6. The lowest BCUT2D eigenvalue weighted by molar-refractivity contribution is 0.766. The number of aromatic nitrogens is 1. The summed E-state index contributed by atoms with van der Waals surface area (Å²) in [4.78, 5) is 2.52. The number of aryl methyl sites for hydroxylation is 6. The zero-order valence-electron chi connectivity index (χ0n) is 39.0. The Morgan fingerprint density at radius 2 is 0.910 bits per heavy atom. The van der Waals surface area contributed by atoms with Crippen LogP contribution >= 0.6 is 0 Å². The minimum absolute atomic E-state index is 0.671. The van der Waals surface area contributed by atoms with Gasteiger partial charge in [-0.1, -0.05) is 163 Å². The molecule has 67 heavy (non-hydrogen) atoms. The maximum Gasteiger partial charge on any atom is 0.0715 e. The third-order valence-corrected chi connectivity index (χ3v) is 14.7. The third kappa shape index (κ3) is 6.24. The summed E-state index contributed by atoms with van der Waals surface area (Å²) in [7, 11) is 0. The fraction of sp³-hybridized carbons (Fsp3) is 0.108. The van der Waals surface area contributed by atoms with Gasteiger partial charge in [-0.3, -0.25) is 0 Å². The molecule has 2 heteroatoms. The summed E-state index contributed by atoms with van der Waals surface area (Å²) in [5.41, 5.74) is 24.0. The van der Waals surface area contributed by atoms with Gasteiger partial charge in [0, 0.05) is 33.2 Å². The van der Waals surface area contributed by atoms with Crippen molar-refractivity contribution in [1.29, 1.82) is 0 Å². The number of hydrogen-bond acceptors (Lipinski definition) is 1. The molecule has 10 aromatic carbocycles. The average molecular weight is 861 g/mol. The molecule has 12 rings (SSSR count). The summed E-state index contributed by atoms with van der Waals surface area (Å²) in [6, 6.07) is 77.9. The van der Waals surface area contributed by atoms with E-state index >= 15 is 0 Å². The van der Waals surface area contributed by atoms with E-state index in [1.807, 2.05) is 0 Å². The Labute approximate surface area is 394 Å². The molecule has 0 saturated carbocycles. The molecule has 1 aromatic heterocycles. The lowest BCUT2D eigenvalue weighted by Gasteiger charge is -2.36. The van der Waals surface area contributed by atoms with Gasteiger partial charge >= 0.3 is 0 Å². The first-order valence-electron chi connectivity index (χ1n) is 23.6. The van der Waals surface area contributed by atoms with Crippen molar-refractivity contribution in [1.82, 2.24) is 4.57 Å². The van der Waals surface area contributed by atoms with E-state index in [0.717, 1.165) is 22.7 Å². The third-order valence-electron chi connectivity index (χ3n) is 14.7. The van der Waals surface area contributed by atoms with Crippen LogP contribution in [0.4, 0.5) is 17.1 Å². The molecule has 0 spiro atoms. The smallest absolute Gasteiger partial charge is 0.0715 e. The quantitative estimate of drug-likeness (QED) is 0.155. The molecule has 1 aliphatic rings. The van der Waals surface area contributed by atoms with Gasteiger partial charge in [0.2, 0.25) is 0 Å². The second kappa shape index (κ2) is 15.6. The van der Waals surface area contributed by atoms with Crippen molar-refractivity contribution in [2.75, 3.05) is 4.90 Å². The molecule has 0 fully saturated rings. The van der Waals surface area contributed by atoms with Crippen molar-refractivity contribution in [3.05, 3.63) is 262 Å². The van der Waals surface area contributed by atoms with Crippen LogP contribution in [0.3, 0.4) is 0 Å². The average Bonchev–Trinajstić information content (AvgIpc) is 3.84. The summed E-state index contributed by atoms with van der Waals surface area (Å²) in [6.07, 6.45) is 0. The summed E-state index contributed by atoms with van der Waals surface area (Å²) in [6.45, 7) is 13.4. The number of para-hydroxylation sites is 2. The molecule has 0 saturated heterocycles. The number of fused-ring (bicyclic) bond motifs is 8. The van der Waals surface area contributed by atoms with Crippen LogP contribution in [0.1, 0.15) is 55.6 Å². The van der Waals surface area contributed by atoms with E-state index in [1.54, 1.807) is 0 Å². The van der Waals surface area contributed by atoms with E-state index in [-0.39, 0.29) is 0 Å². The lowest BCUT2D eigenvalue weighted by atomic mass is 9.67. The summed E-state index contributed by atoms with van der Waals surface area (Å²) >= 11 is 0. The molecule has 0 amide bonds. The van der Waals surface area contributed by atoms with Crippen LogP contribution in [-0.4, -0.2) is 4.57 Å². The highest BCUT2D eigenvalue weighted by atomic mass is 15.1. The molecule has 0 bridgehead atoms. The Kier molecular flexibility index (Phi) is 9.45. The van der Waals surface area contributed by atoms with Gasteiger partial charge in [0.15, 0.2) is 0 Å². The molecular formula is C65H52N2. The first-order valence-corrected chi connectivity index (χ1v) is 23.6. The molecule has 0 N–H and O–H groups in total. The minimum Gasteiger partial charge on any atom is -0.310 e. The zero-order chi connectivity index (χ0) is 45.6. The molecule has 1 heterocycles. The predicted octanol–water partition coefficient (Wildman–Crippen LogP) is 17.3. The van der Waals surface area contributed by atoms with Crippen LogP contribution < -0.4 is 4.90 Å². The Balaban J connectivity index is 1.20. The number of anilines is 3. The van der Waals surface area contributed by atoms with Crippen LogP contribution in [0.2, 0.25) is 0 Å². The van der Waals surface area contributed by atoms with Gasteiger partial charge in [0.05, 0.1) is 22.1 Å². The van der Waals surface area contributed by atoms with E-state index in [0.29, 0.717) is 0 Å². The van der Waals surface area contributed by atoms with Crippen LogP contribution in [0, 0.1) is 41.5 Å². The van der Waals surface area contributed by atoms with E-state index in [9.17, 15) is 0 Å². The Morgan fingerprint density at radius 3 is 1.54 bits per heavy atom. The molecule has 0 aliphatic heterocycles. The predicted molar refractivity (Wildman–Crippen MR) is 284 cm³/mol. The van der Waals surface area contributed by atoms with Crippen LogP contribution in [-0.2, 0) is 5.41 Å². The second-order valence-corrected chi connectivity index (χ2v) is 18.9. The maximum absolute atomic E-state index is 2.56. The minimum atomic E-state index is -0.671. The van der Waals surface area contributed by atoms with Gasteiger partial charge < -0.3 is 9.47 Å². The second-order valence-electron chi connectivity index (χ2n) is 18.9. The topological polar surface area (TPSA) is 8.17 Å².